The van der Waals surface area contributed by atoms with Gasteiger partial charge < -0.3 is 10.1 Å². The zero-order valence-corrected chi connectivity index (χ0v) is 14.7. The average molecular weight is 320 g/mol. The van der Waals surface area contributed by atoms with Gasteiger partial charge in [0, 0.05) is 11.4 Å². The van der Waals surface area contributed by atoms with Crippen LogP contribution in [0.15, 0.2) is 18.2 Å². The molecule has 0 saturated heterocycles. The summed E-state index contributed by atoms with van der Waals surface area (Å²) in [6.07, 6.45) is 1.42. The molecule has 0 saturated carbocycles. The Morgan fingerprint density at radius 3 is 2.68 bits per heavy atom. The Bertz CT molecular complexity index is 603. The maximum atomic E-state index is 11.9. The minimum Gasteiger partial charge on any atom is -0.444 e. The first kappa shape index (κ1) is 16.7. The lowest BCUT2D eigenvalue weighted by Gasteiger charge is -2.25. The monoisotopic (exact) mass is 320 g/mol. The van der Waals surface area contributed by atoms with Crippen molar-refractivity contribution >= 4 is 34.7 Å². The summed E-state index contributed by atoms with van der Waals surface area (Å²) in [7, 11) is 0. The normalized spacial score (nSPS) is 17.0. The van der Waals surface area contributed by atoms with E-state index in [1.807, 2.05) is 39.0 Å². The van der Waals surface area contributed by atoms with Crippen LogP contribution in [0.1, 0.15) is 53.0 Å². The molecule has 1 heterocycles. The van der Waals surface area contributed by atoms with Crippen LogP contribution in [-0.2, 0) is 10.2 Å². The van der Waals surface area contributed by atoms with Gasteiger partial charge in [-0.3, -0.25) is 5.32 Å². The van der Waals surface area contributed by atoms with Gasteiger partial charge in [-0.2, -0.15) is 0 Å². The van der Waals surface area contributed by atoms with Crippen molar-refractivity contribution in [1.29, 1.82) is 0 Å². The summed E-state index contributed by atoms with van der Waals surface area (Å²) in [6.45, 7) is 9.94. The largest absolute Gasteiger partial charge is 0.444 e. The van der Waals surface area contributed by atoms with Crippen LogP contribution in [0.5, 0.6) is 0 Å². The van der Waals surface area contributed by atoms with Crippen LogP contribution in [0.2, 0.25) is 0 Å². The molecule has 2 rings (SSSR count). The first-order chi connectivity index (χ1) is 10.1. The fourth-order valence-electron chi connectivity index (χ4n) is 2.51. The minimum absolute atomic E-state index is 0.0490. The smallest absolute Gasteiger partial charge is 0.412 e. The van der Waals surface area contributed by atoms with E-state index in [0.717, 1.165) is 23.5 Å². The van der Waals surface area contributed by atoms with Crippen molar-refractivity contribution in [3.8, 4) is 0 Å². The SMILES string of the molecule is CC(C)(C)OC(=O)Nc1ccc2c(c1)NC(=S)CCC2(C)C. The first-order valence-electron chi connectivity index (χ1n) is 7.51. The Kier molecular flexibility index (Phi) is 4.47. The standard InChI is InChI=1S/C17H24N2O2S/c1-16(2,3)21-15(20)18-11-6-7-12-13(10-11)19-14(22)8-9-17(12,4)5/h6-7,10H,8-9H2,1-5H3,(H,18,20)(H,19,22). The molecule has 0 spiro atoms. The van der Waals surface area contributed by atoms with E-state index >= 15 is 0 Å². The third kappa shape index (κ3) is 4.19. The number of ether oxygens (including phenoxy) is 1. The second-order valence-electron chi connectivity index (χ2n) is 7.32. The molecule has 2 N–H and O–H groups in total. The van der Waals surface area contributed by atoms with Gasteiger partial charge in [-0.25, -0.2) is 4.79 Å². The summed E-state index contributed by atoms with van der Waals surface area (Å²) in [5.41, 5.74) is 2.40. The van der Waals surface area contributed by atoms with Gasteiger partial charge in [0.15, 0.2) is 0 Å². The van der Waals surface area contributed by atoms with E-state index < -0.39 is 11.7 Å². The van der Waals surface area contributed by atoms with Gasteiger partial charge in [0.1, 0.15) is 5.60 Å². The molecular formula is C17H24N2O2S. The van der Waals surface area contributed by atoms with Crippen LogP contribution in [0.3, 0.4) is 0 Å². The highest BCUT2D eigenvalue weighted by molar-refractivity contribution is 7.80. The van der Waals surface area contributed by atoms with E-state index in [4.69, 9.17) is 17.0 Å². The van der Waals surface area contributed by atoms with Gasteiger partial charge in [0.25, 0.3) is 0 Å². The molecule has 4 nitrogen and oxygen atoms in total. The van der Waals surface area contributed by atoms with Crippen molar-refractivity contribution in [2.24, 2.45) is 0 Å². The molecule has 1 aliphatic rings. The summed E-state index contributed by atoms with van der Waals surface area (Å²) in [5.74, 6) is 0. The number of amides is 1. The highest BCUT2D eigenvalue weighted by Crippen LogP contribution is 2.38. The van der Waals surface area contributed by atoms with Gasteiger partial charge in [-0.1, -0.05) is 32.1 Å². The molecule has 1 aliphatic heterocycles. The van der Waals surface area contributed by atoms with E-state index in [1.54, 1.807) is 0 Å². The molecular weight excluding hydrogens is 296 g/mol. The van der Waals surface area contributed by atoms with Gasteiger partial charge in [-0.05, 0) is 56.7 Å². The van der Waals surface area contributed by atoms with Gasteiger partial charge in [0.2, 0.25) is 0 Å². The molecule has 0 fully saturated rings. The van der Waals surface area contributed by atoms with Crippen molar-refractivity contribution in [2.45, 2.75) is 58.5 Å². The van der Waals surface area contributed by atoms with Crippen molar-refractivity contribution in [2.75, 3.05) is 10.6 Å². The molecule has 0 aliphatic carbocycles. The number of hydrogen-bond donors (Lipinski definition) is 2. The Hall–Kier alpha value is -1.62. The Labute approximate surface area is 137 Å². The van der Waals surface area contributed by atoms with E-state index in [9.17, 15) is 4.79 Å². The topological polar surface area (TPSA) is 50.4 Å². The maximum Gasteiger partial charge on any atom is 0.412 e. The Balaban J connectivity index is 2.24. The number of nitrogens with one attached hydrogen (secondary N) is 2. The minimum atomic E-state index is -0.516. The van der Waals surface area contributed by atoms with Crippen LogP contribution in [0, 0.1) is 0 Å². The zero-order valence-electron chi connectivity index (χ0n) is 13.9. The summed E-state index contributed by atoms with van der Waals surface area (Å²) in [5, 5.41) is 6.05. The fraction of sp³-hybridized carbons (Fsp3) is 0.529. The summed E-state index contributed by atoms with van der Waals surface area (Å²) in [6, 6.07) is 5.86. The number of fused-ring (bicyclic) bond motifs is 1. The molecule has 5 heteroatoms. The number of rotatable bonds is 1. The number of hydrogen-bond acceptors (Lipinski definition) is 3. The van der Waals surface area contributed by atoms with E-state index in [0.29, 0.717) is 5.69 Å². The molecule has 120 valence electrons. The number of carbonyl (C=O) groups excluding carboxylic acids is 1. The van der Waals surface area contributed by atoms with Crippen LogP contribution in [0.25, 0.3) is 0 Å². The van der Waals surface area contributed by atoms with Crippen LogP contribution in [-0.4, -0.2) is 16.7 Å². The van der Waals surface area contributed by atoms with Crippen molar-refractivity contribution in [1.82, 2.24) is 0 Å². The fourth-order valence-corrected chi connectivity index (χ4v) is 2.72. The van der Waals surface area contributed by atoms with Crippen molar-refractivity contribution in [3.05, 3.63) is 23.8 Å². The average Bonchev–Trinajstić information content (AvgIpc) is 2.44. The molecule has 0 unspecified atom stereocenters. The van der Waals surface area contributed by atoms with Crippen molar-refractivity contribution < 1.29 is 9.53 Å². The second-order valence-corrected chi connectivity index (χ2v) is 7.81. The second kappa shape index (κ2) is 5.88. The van der Waals surface area contributed by atoms with Crippen LogP contribution < -0.4 is 10.6 Å². The predicted molar refractivity (Wildman–Crippen MR) is 94.8 cm³/mol. The van der Waals surface area contributed by atoms with Gasteiger partial charge >= 0.3 is 6.09 Å². The first-order valence-corrected chi connectivity index (χ1v) is 7.92. The quantitative estimate of drug-likeness (QED) is 0.727. The molecule has 22 heavy (non-hydrogen) atoms. The lowest BCUT2D eigenvalue weighted by Crippen LogP contribution is -2.27. The summed E-state index contributed by atoms with van der Waals surface area (Å²) in [4.78, 5) is 12.7. The Morgan fingerprint density at radius 2 is 2.05 bits per heavy atom. The lowest BCUT2D eigenvalue weighted by molar-refractivity contribution is 0.0636. The van der Waals surface area contributed by atoms with Gasteiger partial charge in [0.05, 0.1) is 4.99 Å². The lowest BCUT2D eigenvalue weighted by atomic mass is 9.80. The van der Waals surface area contributed by atoms with Crippen molar-refractivity contribution in [3.63, 3.8) is 0 Å². The molecule has 0 radical (unpaired) electrons. The molecule has 0 atom stereocenters. The summed E-state index contributed by atoms with van der Waals surface area (Å²) >= 11 is 5.35. The molecule has 0 bridgehead atoms. The number of thiocarbonyl (C=S) groups is 1. The van der Waals surface area contributed by atoms with E-state index in [1.165, 1.54) is 5.56 Å². The Morgan fingerprint density at radius 1 is 1.36 bits per heavy atom. The predicted octanol–water partition coefficient (Wildman–Crippen LogP) is 4.84. The third-order valence-electron chi connectivity index (χ3n) is 3.65. The van der Waals surface area contributed by atoms with Gasteiger partial charge in [-0.15, -0.1) is 0 Å². The molecule has 1 aromatic carbocycles. The highest BCUT2D eigenvalue weighted by Gasteiger charge is 2.27. The number of anilines is 2. The van der Waals surface area contributed by atoms with Crippen LogP contribution >= 0.6 is 12.2 Å². The maximum absolute atomic E-state index is 11.9. The molecule has 1 aromatic rings. The van der Waals surface area contributed by atoms with E-state index in [2.05, 4.69) is 24.5 Å². The number of benzene rings is 1. The number of carbonyl (C=O) groups is 1. The third-order valence-corrected chi connectivity index (χ3v) is 3.95. The summed E-state index contributed by atoms with van der Waals surface area (Å²) < 4.78 is 5.28. The molecule has 0 aromatic heterocycles. The highest BCUT2D eigenvalue weighted by atomic mass is 32.1. The molecule has 1 amide bonds. The van der Waals surface area contributed by atoms with Crippen LogP contribution in [0.4, 0.5) is 16.2 Å². The zero-order chi connectivity index (χ0) is 16.5. The van der Waals surface area contributed by atoms with E-state index in [-0.39, 0.29) is 5.41 Å².